The van der Waals surface area contributed by atoms with Crippen molar-refractivity contribution in [2.75, 3.05) is 6.61 Å². The fourth-order valence-corrected chi connectivity index (χ4v) is 3.88. The number of nitrogens with one attached hydrogen (secondary N) is 2. The highest BCUT2D eigenvalue weighted by Gasteiger charge is 2.30. The van der Waals surface area contributed by atoms with E-state index in [2.05, 4.69) is 34.9 Å². The van der Waals surface area contributed by atoms with Crippen molar-refractivity contribution in [2.24, 2.45) is 0 Å². The number of hydrogen-bond donors (Lipinski definition) is 2. The quantitative estimate of drug-likeness (QED) is 0.595. The number of carbonyl (C=O) groups is 1. The second kappa shape index (κ2) is 8.38. The van der Waals surface area contributed by atoms with Crippen LogP contribution in [0.15, 0.2) is 75.7 Å². The average molecular weight is 385 g/mol. The van der Waals surface area contributed by atoms with Gasteiger partial charge in [-0.25, -0.2) is 4.79 Å². The van der Waals surface area contributed by atoms with Gasteiger partial charge in [0.1, 0.15) is 0 Å². The van der Waals surface area contributed by atoms with Gasteiger partial charge in [0.15, 0.2) is 5.11 Å². The Labute approximate surface area is 163 Å². The third kappa shape index (κ3) is 4.26. The van der Waals surface area contributed by atoms with Gasteiger partial charge in [-0.2, -0.15) is 0 Å². The predicted molar refractivity (Wildman–Crippen MR) is 108 cm³/mol. The molecule has 2 aromatic carbocycles. The zero-order valence-electron chi connectivity index (χ0n) is 14.6. The number of hydrogen-bond acceptors (Lipinski definition) is 4. The van der Waals surface area contributed by atoms with Crippen LogP contribution < -0.4 is 10.6 Å². The number of carbonyl (C=O) groups excluding carboxylic acids is 1. The summed E-state index contributed by atoms with van der Waals surface area (Å²) in [4.78, 5) is 14.7. The Kier molecular flexibility index (Phi) is 5.96. The average Bonchev–Trinajstić information content (AvgIpc) is 2.62. The molecule has 1 aliphatic heterocycles. The topological polar surface area (TPSA) is 50.4 Å². The Morgan fingerprint density at radius 2 is 1.77 bits per heavy atom. The first kappa shape index (κ1) is 18.5. The Hall–Kier alpha value is -2.31. The van der Waals surface area contributed by atoms with Gasteiger partial charge in [0.05, 0.1) is 18.2 Å². The smallest absolute Gasteiger partial charge is 0.338 e. The van der Waals surface area contributed by atoms with Crippen molar-refractivity contribution < 1.29 is 9.53 Å². The molecule has 1 atom stereocenters. The van der Waals surface area contributed by atoms with E-state index in [1.54, 1.807) is 18.7 Å². The summed E-state index contributed by atoms with van der Waals surface area (Å²) in [5.74, 6) is -0.333. The molecule has 2 aromatic rings. The molecule has 0 aromatic heterocycles. The van der Waals surface area contributed by atoms with Gasteiger partial charge in [0.2, 0.25) is 0 Å². The van der Waals surface area contributed by atoms with Crippen molar-refractivity contribution in [3.8, 4) is 0 Å². The third-order valence-corrected chi connectivity index (χ3v) is 5.19. The molecule has 0 radical (unpaired) electrons. The highest BCUT2D eigenvalue weighted by Crippen LogP contribution is 2.31. The summed E-state index contributed by atoms with van der Waals surface area (Å²) >= 11 is 6.96. The Morgan fingerprint density at radius 3 is 2.42 bits per heavy atom. The molecule has 1 heterocycles. The molecular weight excluding hydrogens is 364 g/mol. The molecular formula is C20H20N2O2S2. The number of rotatable bonds is 5. The lowest BCUT2D eigenvalue weighted by molar-refractivity contribution is -0.139. The van der Waals surface area contributed by atoms with Crippen molar-refractivity contribution in [1.82, 2.24) is 10.6 Å². The molecule has 2 N–H and O–H groups in total. The van der Waals surface area contributed by atoms with Crippen LogP contribution in [0, 0.1) is 0 Å². The lowest BCUT2D eigenvalue weighted by atomic mass is 9.96. The van der Waals surface area contributed by atoms with Gasteiger partial charge in [-0.15, -0.1) is 0 Å². The van der Waals surface area contributed by atoms with E-state index in [0.717, 1.165) is 16.2 Å². The van der Waals surface area contributed by atoms with Crippen LogP contribution in [0.4, 0.5) is 0 Å². The summed E-state index contributed by atoms with van der Waals surface area (Å²) in [6.45, 7) is 3.97. The summed E-state index contributed by atoms with van der Waals surface area (Å²) in [6, 6.07) is 18.0. The molecule has 3 rings (SSSR count). The van der Waals surface area contributed by atoms with Crippen molar-refractivity contribution in [3.63, 3.8) is 0 Å². The van der Waals surface area contributed by atoms with E-state index < -0.39 is 0 Å². The van der Waals surface area contributed by atoms with Crippen LogP contribution in [0.3, 0.4) is 0 Å². The predicted octanol–water partition coefficient (Wildman–Crippen LogP) is 4.19. The Balaban J connectivity index is 1.85. The second-order valence-corrected chi connectivity index (χ2v) is 7.33. The Bertz CT molecular complexity index is 833. The van der Waals surface area contributed by atoms with Gasteiger partial charge in [-0.3, -0.25) is 0 Å². The fourth-order valence-electron chi connectivity index (χ4n) is 2.78. The number of benzene rings is 2. The van der Waals surface area contributed by atoms with Crippen LogP contribution in [0.1, 0.15) is 25.5 Å². The molecule has 0 bridgehead atoms. The monoisotopic (exact) mass is 384 g/mol. The third-order valence-electron chi connectivity index (χ3n) is 3.96. The van der Waals surface area contributed by atoms with Gasteiger partial charge in [-0.05, 0) is 55.9 Å². The molecule has 1 unspecified atom stereocenters. The van der Waals surface area contributed by atoms with E-state index in [-0.39, 0.29) is 12.0 Å². The van der Waals surface area contributed by atoms with E-state index in [1.807, 2.05) is 37.3 Å². The highest BCUT2D eigenvalue weighted by molar-refractivity contribution is 7.99. The van der Waals surface area contributed by atoms with Crippen molar-refractivity contribution in [2.45, 2.75) is 29.7 Å². The Morgan fingerprint density at radius 1 is 1.12 bits per heavy atom. The first-order valence-corrected chi connectivity index (χ1v) is 9.59. The van der Waals surface area contributed by atoms with Gasteiger partial charge in [-0.1, -0.05) is 42.1 Å². The fraction of sp³-hybridized carbons (Fsp3) is 0.200. The summed E-state index contributed by atoms with van der Waals surface area (Å²) in [5, 5.41) is 6.69. The SMILES string of the molecule is CCOC(=O)C1=C(C)NC(=S)NC1c1ccc(Sc2ccccc2)cc1. The van der Waals surface area contributed by atoms with Crippen molar-refractivity contribution in [3.05, 3.63) is 71.4 Å². The molecule has 0 saturated carbocycles. The van der Waals surface area contributed by atoms with Crippen LogP contribution in [0.5, 0.6) is 0 Å². The zero-order valence-corrected chi connectivity index (χ0v) is 16.2. The van der Waals surface area contributed by atoms with Gasteiger partial charge < -0.3 is 15.4 Å². The number of thiocarbonyl (C=S) groups is 1. The normalized spacial score (nSPS) is 16.7. The maximum Gasteiger partial charge on any atom is 0.338 e. The molecule has 134 valence electrons. The molecule has 1 aliphatic rings. The van der Waals surface area contributed by atoms with Crippen LogP contribution in [0.25, 0.3) is 0 Å². The van der Waals surface area contributed by atoms with Crippen LogP contribution in [-0.2, 0) is 9.53 Å². The number of allylic oxidation sites excluding steroid dienone is 1. The highest BCUT2D eigenvalue weighted by atomic mass is 32.2. The lowest BCUT2D eigenvalue weighted by Crippen LogP contribution is -2.45. The second-order valence-electron chi connectivity index (χ2n) is 5.77. The van der Waals surface area contributed by atoms with E-state index in [4.69, 9.17) is 17.0 Å². The molecule has 0 amide bonds. The molecule has 0 aliphatic carbocycles. The van der Waals surface area contributed by atoms with E-state index in [9.17, 15) is 4.79 Å². The number of esters is 1. The standard InChI is InChI=1S/C20H20N2O2S2/c1-3-24-19(23)17-13(2)21-20(25)22-18(17)14-9-11-16(12-10-14)26-15-7-5-4-6-8-15/h4-12,18H,3H2,1-2H3,(H2,21,22,25). The van der Waals surface area contributed by atoms with Crippen molar-refractivity contribution in [1.29, 1.82) is 0 Å². The van der Waals surface area contributed by atoms with Gasteiger partial charge in [0, 0.05) is 15.5 Å². The summed E-state index contributed by atoms with van der Waals surface area (Å²) in [7, 11) is 0. The first-order chi connectivity index (χ1) is 12.6. The lowest BCUT2D eigenvalue weighted by Gasteiger charge is -2.29. The largest absolute Gasteiger partial charge is 0.463 e. The van der Waals surface area contributed by atoms with Crippen LogP contribution >= 0.6 is 24.0 Å². The molecule has 0 spiro atoms. The molecule has 4 nitrogen and oxygen atoms in total. The van der Waals surface area contributed by atoms with E-state index >= 15 is 0 Å². The zero-order chi connectivity index (χ0) is 18.5. The molecule has 26 heavy (non-hydrogen) atoms. The molecule has 0 saturated heterocycles. The molecule has 0 fully saturated rings. The number of ether oxygens (including phenoxy) is 1. The van der Waals surface area contributed by atoms with Crippen molar-refractivity contribution >= 4 is 35.1 Å². The first-order valence-electron chi connectivity index (χ1n) is 8.36. The minimum absolute atomic E-state index is 0.321. The summed E-state index contributed by atoms with van der Waals surface area (Å²) in [6.07, 6.45) is 0. The van der Waals surface area contributed by atoms with Gasteiger partial charge in [0.25, 0.3) is 0 Å². The maximum absolute atomic E-state index is 12.4. The minimum Gasteiger partial charge on any atom is -0.463 e. The van der Waals surface area contributed by atoms with Crippen LogP contribution in [-0.4, -0.2) is 17.7 Å². The maximum atomic E-state index is 12.4. The van der Waals surface area contributed by atoms with E-state index in [1.165, 1.54) is 4.90 Å². The summed E-state index contributed by atoms with van der Waals surface area (Å²) < 4.78 is 5.22. The molecule has 6 heteroatoms. The van der Waals surface area contributed by atoms with Crippen LogP contribution in [0.2, 0.25) is 0 Å². The van der Waals surface area contributed by atoms with E-state index in [0.29, 0.717) is 17.3 Å². The summed E-state index contributed by atoms with van der Waals surface area (Å²) in [5.41, 5.74) is 2.25. The minimum atomic E-state index is -0.333. The van der Waals surface area contributed by atoms with Gasteiger partial charge >= 0.3 is 5.97 Å².